The van der Waals surface area contributed by atoms with Crippen molar-refractivity contribution in [3.05, 3.63) is 93.6 Å². The second kappa shape index (κ2) is 15.0. The number of H-pyrrole nitrogens is 2. The van der Waals surface area contributed by atoms with Gasteiger partial charge in [0, 0.05) is 47.6 Å². The molecule has 6 rings (SSSR count). The van der Waals surface area contributed by atoms with E-state index in [0.29, 0.717) is 41.9 Å². The molecule has 3 atom stereocenters. The number of ether oxygens (including phenoxy) is 4. The van der Waals surface area contributed by atoms with Gasteiger partial charge in [-0.1, -0.05) is 24.8 Å². The standard InChI is InChI=1S/C42H46N4O8/c1-10-24-21(2)30-18-35-28-14-11-27(40(49)53-8)39(41(50)54-9)42(28,5)36(46-35)20-31-23(4)26(13-16-38(48)52-7)34(45-31)19-33-25(12-15-37(47)51-6)22(3)29(44-33)17-32(24)43-30/h10-11,14,17-20,37,39,43,45,47H,1,12-13,15-16H2,2-9H3/t37?,39-,42+/m0/s1. The normalized spacial score (nSPS) is 18.4. The number of rotatable bonds is 10. The fourth-order valence-corrected chi connectivity index (χ4v) is 7.84. The molecule has 8 bridgehead atoms. The lowest BCUT2D eigenvalue weighted by atomic mass is 9.64. The first-order chi connectivity index (χ1) is 25.8. The summed E-state index contributed by atoms with van der Waals surface area (Å²) in [6.07, 6.45) is 5.65. The molecule has 54 heavy (non-hydrogen) atoms. The van der Waals surface area contributed by atoms with E-state index in [1.165, 1.54) is 28.4 Å². The summed E-state index contributed by atoms with van der Waals surface area (Å²) in [7, 11) is 5.40. The number of aryl methyl sites for hydroxylation is 3. The van der Waals surface area contributed by atoms with E-state index in [1.807, 2.05) is 58.0 Å². The van der Waals surface area contributed by atoms with Gasteiger partial charge in [0.15, 0.2) is 6.29 Å². The van der Waals surface area contributed by atoms with Crippen molar-refractivity contribution in [2.75, 3.05) is 28.4 Å². The number of aromatic nitrogens is 4. The van der Waals surface area contributed by atoms with Gasteiger partial charge in [0.2, 0.25) is 0 Å². The molecule has 0 amide bonds. The highest BCUT2D eigenvalue weighted by Crippen LogP contribution is 2.52. The Labute approximate surface area is 313 Å². The molecule has 0 fully saturated rings. The average molecular weight is 735 g/mol. The Balaban J connectivity index is 1.76. The van der Waals surface area contributed by atoms with E-state index in [1.54, 1.807) is 12.2 Å². The molecule has 3 aromatic rings. The lowest BCUT2D eigenvalue weighted by molar-refractivity contribution is -0.149. The highest BCUT2D eigenvalue weighted by Gasteiger charge is 2.53. The van der Waals surface area contributed by atoms with Gasteiger partial charge in [-0.05, 0) is 98.2 Å². The van der Waals surface area contributed by atoms with Crippen LogP contribution in [0.1, 0.15) is 78.1 Å². The van der Waals surface area contributed by atoms with Gasteiger partial charge >= 0.3 is 17.9 Å². The second-order valence-electron chi connectivity index (χ2n) is 13.9. The molecule has 12 heteroatoms. The number of allylic oxidation sites excluding steroid dienone is 5. The second-order valence-corrected chi connectivity index (χ2v) is 13.9. The van der Waals surface area contributed by atoms with Gasteiger partial charge in [0.25, 0.3) is 0 Å². The molecule has 3 aliphatic rings. The summed E-state index contributed by atoms with van der Waals surface area (Å²) in [5.74, 6) is -2.67. The SMILES string of the molecule is C=Cc1c(C)c2cc3nc(cc4[nH]c(cc5nc(cc1[nH]2)C(C)=C5CCC(O)OC)c(CCC(=O)OC)c4C)[C@@]1(C)C3=CC=C(C(=O)OC)[C@H]1C(=O)OC. The Morgan fingerprint density at radius 3 is 2.22 bits per heavy atom. The minimum Gasteiger partial charge on any atom is -0.469 e. The van der Waals surface area contributed by atoms with E-state index < -0.39 is 29.6 Å². The number of esters is 3. The first-order valence-electron chi connectivity index (χ1n) is 17.7. The summed E-state index contributed by atoms with van der Waals surface area (Å²) in [6.45, 7) is 12.0. The predicted molar refractivity (Wildman–Crippen MR) is 207 cm³/mol. The maximum Gasteiger partial charge on any atom is 0.334 e. The Morgan fingerprint density at radius 2 is 1.56 bits per heavy atom. The summed E-state index contributed by atoms with van der Waals surface area (Å²) in [5, 5.41) is 10.3. The van der Waals surface area contributed by atoms with Crippen LogP contribution in [0.5, 0.6) is 0 Å². The van der Waals surface area contributed by atoms with Crippen LogP contribution < -0.4 is 0 Å². The van der Waals surface area contributed by atoms with Gasteiger partial charge < -0.3 is 34.0 Å². The topological polar surface area (TPSA) is 166 Å². The summed E-state index contributed by atoms with van der Waals surface area (Å²) in [4.78, 5) is 56.7. The largest absolute Gasteiger partial charge is 0.469 e. The van der Waals surface area contributed by atoms with Crippen LogP contribution in [0.2, 0.25) is 0 Å². The Kier molecular flexibility index (Phi) is 10.6. The summed E-state index contributed by atoms with van der Waals surface area (Å²) >= 11 is 0. The van der Waals surface area contributed by atoms with Crippen molar-refractivity contribution in [2.45, 2.75) is 65.1 Å². The van der Waals surface area contributed by atoms with Crippen LogP contribution in [0.25, 0.3) is 44.9 Å². The van der Waals surface area contributed by atoms with Crippen LogP contribution in [0.3, 0.4) is 0 Å². The van der Waals surface area contributed by atoms with Crippen molar-refractivity contribution in [3.63, 3.8) is 0 Å². The Hall–Kier alpha value is -5.59. The van der Waals surface area contributed by atoms with Gasteiger partial charge in [0.05, 0.1) is 55.1 Å². The van der Waals surface area contributed by atoms with Crippen LogP contribution in [0.4, 0.5) is 0 Å². The molecule has 0 spiro atoms. The van der Waals surface area contributed by atoms with Crippen molar-refractivity contribution in [1.29, 1.82) is 0 Å². The van der Waals surface area contributed by atoms with Crippen molar-refractivity contribution in [1.82, 2.24) is 19.9 Å². The van der Waals surface area contributed by atoms with Crippen LogP contribution >= 0.6 is 0 Å². The quantitative estimate of drug-likeness (QED) is 0.117. The van der Waals surface area contributed by atoms with E-state index in [9.17, 15) is 19.5 Å². The number of aliphatic hydroxyl groups excluding tert-OH is 1. The van der Waals surface area contributed by atoms with Crippen LogP contribution in [-0.4, -0.2) is 77.7 Å². The summed E-state index contributed by atoms with van der Waals surface area (Å²) < 4.78 is 20.6. The number of methoxy groups -OCH3 is 4. The third-order valence-corrected chi connectivity index (χ3v) is 11.0. The molecule has 2 aliphatic heterocycles. The number of carbonyl (C=O) groups is 3. The van der Waals surface area contributed by atoms with Gasteiger partial charge in [-0.2, -0.15) is 0 Å². The highest BCUT2D eigenvalue weighted by molar-refractivity contribution is 6.02. The molecule has 282 valence electrons. The van der Waals surface area contributed by atoms with Gasteiger partial charge in [-0.25, -0.2) is 9.78 Å². The molecule has 3 aromatic heterocycles. The molecular weight excluding hydrogens is 688 g/mol. The summed E-state index contributed by atoms with van der Waals surface area (Å²) in [5.41, 5.74) is 10.8. The number of nitrogens with zero attached hydrogens (tertiary/aromatic N) is 2. The lowest BCUT2D eigenvalue weighted by Gasteiger charge is -2.36. The number of aliphatic hydroxyl groups is 1. The zero-order valence-corrected chi connectivity index (χ0v) is 31.9. The molecule has 1 unspecified atom stereocenters. The van der Waals surface area contributed by atoms with Gasteiger partial charge in [0.1, 0.15) is 5.92 Å². The minimum absolute atomic E-state index is 0.142. The first kappa shape index (κ1) is 38.1. The third-order valence-electron chi connectivity index (χ3n) is 11.0. The molecule has 1 aliphatic carbocycles. The maximum absolute atomic E-state index is 13.7. The highest BCUT2D eigenvalue weighted by atomic mass is 16.6. The van der Waals surface area contributed by atoms with E-state index in [2.05, 4.69) is 16.5 Å². The molecule has 0 aromatic carbocycles. The van der Waals surface area contributed by atoms with E-state index in [-0.39, 0.29) is 18.0 Å². The van der Waals surface area contributed by atoms with E-state index in [0.717, 1.165) is 61.2 Å². The van der Waals surface area contributed by atoms with Crippen molar-refractivity contribution in [2.24, 2.45) is 5.92 Å². The lowest BCUT2D eigenvalue weighted by Crippen LogP contribution is -2.42. The van der Waals surface area contributed by atoms with Crippen LogP contribution in [0, 0.1) is 19.8 Å². The number of fused-ring (bicyclic) bond motifs is 11. The number of aromatic amines is 2. The van der Waals surface area contributed by atoms with E-state index >= 15 is 0 Å². The predicted octanol–water partition coefficient (Wildman–Crippen LogP) is 6.60. The molecule has 0 saturated heterocycles. The van der Waals surface area contributed by atoms with E-state index in [4.69, 9.17) is 28.9 Å². The molecule has 0 radical (unpaired) electrons. The maximum atomic E-state index is 13.7. The first-order valence-corrected chi connectivity index (χ1v) is 17.7. The Bertz CT molecular complexity index is 2340. The minimum atomic E-state index is -1.15. The van der Waals surface area contributed by atoms with Crippen LogP contribution in [0.15, 0.2) is 48.6 Å². The van der Waals surface area contributed by atoms with Gasteiger partial charge in [-0.15, -0.1) is 0 Å². The van der Waals surface area contributed by atoms with Crippen molar-refractivity contribution < 1.29 is 38.4 Å². The third kappa shape index (κ3) is 6.49. The monoisotopic (exact) mass is 734 g/mol. The average Bonchev–Trinajstić information content (AvgIpc) is 3.82. The molecule has 12 nitrogen and oxygen atoms in total. The fraction of sp³-hybridized carbons (Fsp3) is 0.357. The number of nitrogens with one attached hydrogen (secondary N) is 2. The molecule has 5 heterocycles. The Morgan fingerprint density at radius 1 is 0.870 bits per heavy atom. The molecule has 3 N–H and O–H groups in total. The molecular formula is C42H46N4O8. The number of carbonyl (C=O) groups excluding carboxylic acids is 3. The summed E-state index contributed by atoms with van der Waals surface area (Å²) in [6, 6.07) is 7.79. The number of hydrogen-bond acceptors (Lipinski definition) is 10. The smallest absolute Gasteiger partial charge is 0.334 e. The molecule has 0 saturated carbocycles. The van der Waals surface area contributed by atoms with Crippen molar-refractivity contribution >= 4 is 62.8 Å². The van der Waals surface area contributed by atoms with Crippen LogP contribution in [-0.2, 0) is 45.2 Å². The van der Waals surface area contributed by atoms with Gasteiger partial charge in [-0.3, -0.25) is 14.6 Å². The number of hydrogen-bond donors (Lipinski definition) is 3. The zero-order valence-electron chi connectivity index (χ0n) is 31.9. The fourth-order valence-electron chi connectivity index (χ4n) is 7.84. The van der Waals surface area contributed by atoms with Crippen molar-refractivity contribution in [3.8, 4) is 0 Å². The zero-order chi connectivity index (χ0) is 39.1.